The SMILES string of the molecule is CCCCCCCCCCCCSCCC(=O)Oc1cc(C)c(Sc2cc(C(C)(C)C)c(OC(=O)CSCCCCCCCCCCCC)cc2C)cc1C(C)(C)C. The highest BCUT2D eigenvalue weighted by molar-refractivity contribution is 8.00. The highest BCUT2D eigenvalue weighted by Crippen LogP contribution is 2.43. The summed E-state index contributed by atoms with van der Waals surface area (Å²) in [5.74, 6) is 4.28. The first-order valence-electron chi connectivity index (χ1n) is 23.2. The maximum atomic E-state index is 13.1. The number of carbonyl (C=O) groups is 2. The predicted octanol–water partition coefficient (Wildman–Crippen LogP) is 16.6. The molecule has 0 radical (unpaired) electrons. The molecule has 2 aromatic carbocycles. The number of hydrogen-bond donors (Lipinski definition) is 0. The van der Waals surface area contributed by atoms with Crippen LogP contribution in [-0.2, 0) is 20.4 Å². The molecule has 4 nitrogen and oxygen atoms in total. The minimum Gasteiger partial charge on any atom is -0.426 e. The van der Waals surface area contributed by atoms with Gasteiger partial charge < -0.3 is 9.47 Å². The molecule has 2 aromatic rings. The highest BCUT2D eigenvalue weighted by Gasteiger charge is 2.26. The fraction of sp³-hybridized carbons (Fsp3) is 0.725. The maximum Gasteiger partial charge on any atom is 0.321 e. The van der Waals surface area contributed by atoms with Crippen LogP contribution < -0.4 is 9.47 Å². The van der Waals surface area contributed by atoms with Crippen molar-refractivity contribution in [1.82, 2.24) is 0 Å². The lowest BCUT2D eigenvalue weighted by Gasteiger charge is -2.26. The smallest absolute Gasteiger partial charge is 0.321 e. The summed E-state index contributed by atoms with van der Waals surface area (Å²) in [5.41, 5.74) is 3.78. The van der Waals surface area contributed by atoms with E-state index in [4.69, 9.17) is 9.47 Å². The van der Waals surface area contributed by atoms with Gasteiger partial charge in [-0.2, -0.15) is 23.5 Å². The molecule has 0 aliphatic carbocycles. The fourth-order valence-electron chi connectivity index (χ4n) is 7.12. The molecule has 58 heavy (non-hydrogen) atoms. The van der Waals surface area contributed by atoms with E-state index in [-0.39, 0.29) is 22.8 Å². The minimum absolute atomic E-state index is 0.158. The summed E-state index contributed by atoms with van der Waals surface area (Å²) < 4.78 is 12.1. The lowest BCUT2D eigenvalue weighted by Crippen LogP contribution is -2.18. The second-order valence-corrected chi connectivity index (χ2v) is 22.0. The van der Waals surface area contributed by atoms with Crippen LogP contribution in [0.1, 0.15) is 212 Å². The van der Waals surface area contributed by atoms with E-state index in [1.807, 2.05) is 23.9 Å². The summed E-state index contributed by atoms with van der Waals surface area (Å²) >= 11 is 5.29. The van der Waals surface area contributed by atoms with E-state index in [0.29, 0.717) is 23.7 Å². The first-order valence-corrected chi connectivity index (χ1v) is 26.3. The van der Waals surface area contributed by atoms with Crippen molar-refractivity contribution >= 4 is 47.2 Å². The van der Waals surface area contributed by atoms with E-state index in [1.54, 1.807) is 23.5 Å². The lowest BCUT2D eigenvalue weighted by molar-refractivity contribution is -0.134. The van der Waals surface area contributed by atoms with Crippen molar-refractivity contribution < 1.29 is 19.1 Å². The van der Waals surface area contributed by atoms with Crippen molar-refractivity contribution in [1.29, 1.82) is 0 Å². The largest absolute Gasteiger partial charge is 0.426 e. The number of aryl methyl sites for hydroxylation is 2. The monoisotopic (exact) mass is 857 g/mol. The number of rotatable bonds is 31. The average molecular weight is 857 g/mol. The van der Waals surface area contributed by atoms with Gasteiger partial charge in [0.05, 0.1) is 12.2 Å². The molecule has 0 aliphatic rings. The van der Waals surface area contributed by atoms with Crippen LogP contribution in [0.3, 0.4) is 0 Å². The summed E-state index contributed by atoms with van der Waals surface area (Å²) in [6.07, 6.45) is 27.1. The molecule has 0 saturated heterocycles. The molecular formula is C51H84O4S3. The first kappa shape index (κ1) is 52.6. The summed E-state index contributed by atoms with van der Waals surface area (Å²) in [5, 5.41) is 0. The zero-order valence-electron chi connectivity index (χ0n) is 38.8. The van der Waals surface area contributed by atoms with E-state index in [1.165, 1.54) is 122 Å². The Balaban J connectivity index is 1.93. The Bertz CT molecular complexity index is 1460. The Morgan fingerprint density at radius 3 is 1.24 bits per heavy atom. The standard InChI is InChI=1S/C51H84O4S3/c1-11-13-15-17-19-21-23-25-27-29-32-56-34-31-48(52)54-44-35-40(3)46(37-42(44)50(5,6)7)58-47-38-43(51(8,9)10)45(36-41(47)4)55-49(53)39-57-33-30-28-26-24-22-20-18-16-14-12-2/h35-38H,11-34,39H2,1-10H3. The van der Waals surface area contributed by atoms with E-state index < -0.39 is 0 Å². The molecule has 0 aromatic heterocycles. The Morgan fingerprint density at radius 2 is 0.845 bits per heavy atom. The number of carbonyl (C=O) groups excluding carboxylic acids is 2. The normalized spacial score (nSPS) is 12.0. The molecule has 0 amide bonds. The van der Waals surface area contributed by atoms with Crippen LogP contribution in [0, 0.1) is 13.8 Å². The van der Waals surface area contributed by atoms with Crippen LogP contribution >= 0.6 is 35.3 Å². The molecule has 330 valence electrons. The van der Waals surface area contributed by atoms with Gasteiger partial charge in [-0.05, 0) is 84.4 Å². The summed E-state index contributed by atoms with van der Waals surface area (Å²) in [4.78, 5) is 28.3. The van der Waals surface area contributed by atoms with Gasteiger partial charge in [-0.3, -0.25) is 9.59 Å². The number of ether oxygens (including phenoxy) is 2. The van der Waals surface area contributed by atoms with Crippen LogP contribution in [0.4, 0.5) is 0 Å². The molecular weight excluding hydrogens is 773 g/mol. The molecule has 0 fully saturated rings. The van der Waals surface area contributed by atoms with E-state index in [0.717, 1.165) is 55.7 Å². The third-order valence-corrected chi connectivity index (χ3v) is 14.2. The van der Waals surface area contributed by atoms with Gasteiger partial charge in [-0.15, -0.1) is 0 Å². The van der Waals surface area contributed by atoms with Gasteiger partial charge in [0, 0.05) is 26.7 Å². The van der Waals surface area contributed by atoms with Crippen LogP contribution in [0.15, 0.2) is 34.1 Å². The average Bonchev–Trinajstić information content (AvgIpc) is 3.15. The van der Waals surface area contributed by atoms with Gasteiger partial charge >= 0.3 is 11.9 Å². The van der Waals surface area contributed by atoms with Gasteiger partial charge in [0.2, 0.25) is 0 Å². The first-order chi connectivity index (χ1) is 27.7. The second kappa shape index (κ2) is 29.6. The molecule has 2 rings (SSSR count). The van der Waals surface area contributed by atoms with Crippen LogP contribution in [0.25, 0.3) is 0 Å². The van der Waals surface area contributed by atoms with Crippen molar-refractivity contribution in [3.05, 3.63) is 46.5 Å². The topological polar surface area (TPSA) is 52.6 Å². The second-order valence-electron chi connectivity index (χ2n) is 18.6. The molecule has 0 heterocycles. The Kier molecular flexibility index (Phi) is 26.9. The molecule has 0 aliphatic heterocycles. The third kappa shape index (κ3) is 22.3. The fourth-order valence-corrected chi connectivity index (χ4v) is 9.86. The molecule has 0 unspecified atom stereocenters. The molecule has 0 bridgehead atoms. The van der Waals surface area contributed by atoms with Crippen molar-refractivity contribution in [3.63, 3.8) is 0 Å². The van der Waals surface area contributed by atoms with Gasteiger partial charge in [0.25, 0.3) is 0 Å². The zero-order valence-corrected chi connectivity index (χ0v) is 41.3. The number of hydrogen-bond acceptors (Lipinski definition) is 7. The van der Waals surface area contributed by atoms with Gasteiger partial charge in [0.1, 0.15) is 11.5 Å². The van der Waals surface area contributed by atoms with Gasteiger partial charge in [-0.25, -0.2) is 0 Å². The number of thioether (sulfide) groups is 2. The Morgan fingerprint density at radius 1 is 0.483 bits per heavy atom. The van der Waals surface area contributed by atoms with Crippen molar-refractivity contribution in [2.75, 3.05) is 23.0 Å². The minimum atomic E-state index is -0.211. The van der Waals surface area contributed by atoms with E-state index in [9.17, 15) is 9.59 Å². The van der Waals surface area contributed by atoms with Crippen LogP contribution in [0.2, 0.25) is 0 Å². The predicted molar refractivity (Wildman–Crippen MR) is 258 cm³/mol. The quantitative estimate of drug-likeness (QED) is 0.0425. The van der Waals surface area contributed by atoms with Gasteiger partial charge in [-0.1, -0.05) is 183 Å². The molecule has 0 atom stereocenters. The van der Waals surface area contributed by atoms with Gasteiger partial charge in [0.15, 0.2) is 0 Å². The van der Waals surface area contributed by atoms with Crippen molar-refractivity contribution in [3.8, 4) is 11.5 Å². The zero-order chi connectivity index (χ0) is 42.8. The Labute approximate surface area is 370 Å². The maximum absolute atomic E-state index is 13.1. The molecule has 0 spiro atoms. The highest BCUT2D eigenvalue weighted by atomic mass is 32.2. The summed E-state index contributed by atoms with van der Waals surface area (Å²) in [6.45, 7) is 21.8. The summed E-state index contributed by atoms with van der Waals surface area (Å²) in [6, 6.07) is 8.50. The van der Waals surface area contributed by atoms with Crippen molar-refractivity contribution in [2.24, 2.45) is 0 Å². The van der Waals surface area contributed by atoms with E-state index >= 15 is 0 Å². The lowest BCUT2D eigenvalue weighted by atomic mass is 9.85. The van der Waals surface area contributed by atoms with Crippen LogP contribution in [-0.4, -0.2) is 35.0 Å². The number of benzene rings is 2. The molecule has 0 saturated carbocycles. The Hall–Kier alpha value is -1.57. The van der Waals surface area contributed by atoms with Crippen LogP contribution in [0.5, 0.6) is 11.5 Å². The van der Waals surface area contributed by atoms with E-state index in [2.05, 4.69) is 81.4 Å². The molecule has 7 heteroatoms. The third-order valence-electron chi connectivity index (χ3n) is 10.8. The van der Waals surface area contributed by atoms with Crippen molar-refractivity contribution in [2.45, 2.75) is 225 Å². The molecule has 0 N–H and O–H groups in total. The summed E-state index contributed by atoms with van der Waals surface area (Å²) in [7, 11) is 0. The number of unbranched alkanes of at least 4 members (excludes halogenated alkanes) is 18. The number of esters is 2.